The molecule has 0 fully saturated rings. The molecule has 82 valence electrons. The predicted octanol–water partition coefficient (Wildman–Crippen LogP) is 1.65. The zero-order valence-corrected chi connectivity index (χ0v) is 9.50. The van der Waals surface area contributed by atoms with Crippen LogP contribution < -0.4 is 5.73 Å². The Kier molecular flexibility index (Phi) is 4.59. The molecule has 0 aliphatic rings. The Morgan fingerprint density at radius 3 is 2.73 bits per heavy atom. The predicted molar refractivity (Wildman–Crippen MR) is 61.6 cm³/mol. The van der Waals surface area contributed by atoms with Gasteiger partial charge in [0, 0.05) is 31.6 Å². The molecule has 0 saturated heterocycles. The average Bonchev–Trinajstić information content (AvgIpc) is 2.21. The third kappa shape index (κ3) is 3.53. The molecule has 4 heteroatoms. The number of carbonyl (C=O) groups excluding carboxylic acids is 1. The van der Waals surface area contributed by atoms with Crippen LogP contribution >= 0.6 is 11.6 Å². The number of nitrogens with zero attached hydrogens (tertiary/aromatic N) is 1. The Hall–Kier alpha value is -1.06. The molecular weight excluding hydrogens is 212 g/mol. The van der Waals surface area contributed by atoms with Gasteiger partial charge in [-0.3, -0.25) is 4.79 Å². The summed E-state index contributed by atoms with van der Waals surface area (Å²) in [5.41, 5.74) is 6.27. The Balaban J connectivity index is 2.62. The van der Waals surface area contributed by atoms with Crippen LogP contribution in [-0.4, -0.2) is 24.4 Å². The van der Waals surface area contributed by atoms with Gasteiger partial charge in [-0.05, 0) is 11.6 Å². The number of rotatable bonds is 4. The molecule has 0 bridgehead atoms. The number of benzene rings is 1. The first kappa shape index (κ1) is 12.0. The van der Waals surface area contributed by atoms with Gasteiger partial charge in [-0.15, -0.1) is 0 Å². The molecule has 1 rings (SSSR count). The van der Waals surface area contributed by atoms with Crippen LogP contribution in [-0.2, 0) is 11.3 Å². The van der Waals surface area contributed by atoms with Crippen molar-refractivity contribution in [1.82, 2.24) is 4.90 Å². The summed E-state index contributed by atoms with van der Waals surface area (Å²) in [5.74, 6) is 0.0393. The van der Waals surface area contributed by atoms with Crippen molar-refractivity contribution in [3.8, 4) is 0 Å². The van der Waals surface area contributed by atoms with E-state index in [0.717, 1.165) is 5.56 Å². The summed E-state index contributed by atoms with van der Waals surface area (Å²) in [6.07, 6.45) is 0.376. The van der Waals surface area contributed by atoms with E-state index in [0.29, 0.717) is 24.5 Å². The number of hydrogen-bond acceptors (Lipinski definition) is 2. The van der Waals surface area contributed by atoms with Crippen molar-refractivity contribution in [3.63, 3.8) is 0 Å². The number of amides is 1. The molecule has 0 radical (unpaired) electrons. The highest BCUT2D eigenvalue weighted by Crippen LogP contribution is 2.16. The zero-order chi connectivity index (χ0) is 11.3. The highest BCUT2D eigenvalue weighted by atomic mass is 35.5. The lowest BCUT2D eigenvalue weighted by Crippen LogP contribution is -2.28. The molecule has 1 amide bonds. The van der Waals surface area contributed by atoms with Crippen LogP contribution in [0.4, 0.5) is 0 Å². The minimum absolute atomic E-state index is 0.0393. The van der Waals surface area contributed by atoms with Gasteiger partial charge < -0.3 is 10.6 Å². The molecular formula is C11H15ClN2O. The Morgan fingerprint density at radius 2 is 2.13 bits per heavy atom. The topological polar surface area (TPSA) is 46.3 Å². The van der Waals surface area contributed by atoms with Crippen LogP contribution in [0.5, 0.6) is 0 Å². The van der Waals surface area contributed by atoms with Crippen molar-refractivity contribution in [1.29, 1.82) is 0 Å². The van der Waals surface area contributed by atoms with E-state index in [2.05, 4.69) is 0 Å². The summed E-state index contributed by atoms with van der Waals surface area (Å²) < 4.78 is 0. The van der Waals surface area contributed by atoms with Crippen LogP contribution in [0.25, 0.3) is 0 Å². The summed E-state index contributed by atoms with van der Waals surface area (Å²) in [6, 6.07) is 7.50. The number of hydrogen-bond donors (Lipinski definition) is 1. The smallest absolute Gasteiger partial charge is 0.223 e. The number of halogens is 1. The molecule has 0 saturated carbocycles. The fourth-order valence-corrected chi connectivity index (χ4v) is 1.48. The second-order valence-electron chi connectivity index (χ2n) is 3.38. The lowest BCUT2D eigenvalue weighted by Gasteiger charge is -2.17. The summed E-state index contributed by atoms with van der Waals surface area (Å²) >= 11 is 5.99. The molecule has 0 aromatic heterocycles. The lowest BCUT2D eigenvalue weighted by molar-refractivity contribution is -0.130. The number of nitrogens with two attached hydrogens (primary N) is 1. The van der Waals surface area contributed by atoms with E-state index < -0.39 is 0 Å². The minimum Gasteiger partial charge on any atom is -0.341 e. The van der Waals surface area contributed by atoms with Crippen molar-refractivity contribution < 1.29 is 4.79 Å². The standard InChI is InChI=1S/C11H15ClN2O/c1-14(11(15)6-7-13)8-9-4-2-3-5-10(9)12/h2-5H,6-8,13H2,1H3. The summed E-state index contributed by atoms with van der Waals surface area (Å²) in [7, 11) is 1.75. The first-order valence-electron chi connectivity index (χ1n) is 4.82. The Labute approximate surface area is 94.8 Å². The summed E-state index contributed by atoms with van der Waals surface area (Å²) in [5, 5.41) is 0.685. The highest BCUT2D eigenvalue weighted by Gasteiger charge is 2.09. The first-order valence-corrected chi connectivity index (χ1v) is 5.20. The molecule has 0 spiro atoms. The molecule has 0 aliphatic heterocycles. The van der Waals surface area contributed by atoms with Gasteiger partial charge in [0.2, 0.25) is 5.91 Å². The van der Waals surface area contributed by atoms with Gasteiger partial charge in [0.1, 0.15) is 0 Å². The van der Waals surface area contributed by atoms with Crippen LogP contribution in [0, 0.1) is 0 Å². The largest absolute Gasteiger partial charge is 0.341 e. The average molecular weight is 227 g/mol. The van der Waals surface area contributed by atoms with Crippen molar-refractivity contribution in [2.75, 3.05) is 13.6 Å². The van der Waals surface area contributed by atoms with E-state index in [1.165, 1.54) is 0 Å². The molecule has 1 aromatic rings. The molecule has 0 heterocycles. The minimum atomic E-state index is 0.0393. The normalized spacial score (nSPS) is 10.1. The maximum Gasteiger partial charge on any atom is 0.223 e. The fourth-order valence-electron chi connectivity index (χ4n) is 1.28. The van der Waals surface area contributed by atoms with Gasteiger partial charge in [-0.1, -0.05) is 29.8 Å². The summed E-state index contributed by atoms with van der Waals surface area (Å²) in [4.78, 5) is 13.1. The fraction of sp³-hybridized carbons (Fsp3) is 0.364. The Bertz CT molecular complexity index is 341. The molecule has 1 aromatic carbocycles. The second-order valence-corrected chi connectivity index (χ2v) is 3.79. The maximum atomic E-state index is 11.5. The van der Waals surface area contributed by atoms with Crippen molar-refractivity contribution in [2.24, 2.45) is 5.73 Å². The third-order valence-corrected chi connectivity index (χ3v) is 2.52. The first-order chi connectivity index (χ1) is 7.15. The Morgan fingerprint density at radius 1 is 1.47 bits per heavy atom. The molecule has 2 N–H and O–H groups in total. The molecule has 0 unspecified atom stereocenters. The van der Waals surface area contributed by atoms with Crippen LogP contribution in [0.15, 0.2) is 24.3 Å². The number of carbonyl (C=O) groups is 1. The van der Waals surface area contributed by atoms with E-state index >= 15 is 0 Å². The van der Waals surface area contributed by atoms with Gasteiger partial charge in [0.05, 0.1) is 0 Å². The van der Waals surface area contributed by atoms with Crippen LogP contribution in [0.1, 0.15) is 12.0 Å². The van der Waals surface area contributed by atoms with E-state index in [9.17, 15) is 4.79 Å². The SMILES string of the molecule is CN(Cc1ccccc1Cl)C(=O)CCN. The molecule has 15 heavy (non-hydrogen) atoms. The van der Waals surface area contributed by atoms with E-state index in [1.807, 2.05) is 24.3 Å². The summed E-state index contributed by atoms with van der Waals surface area (Å²) in [6.45, 7) is 0.907. The quantitative estimate of drug-likeness (QED) is 0.849. The van der Waals surface area contributed by atoms with Crippen molar-refractivity contribution >= 4 is 17.5 Å². The highest BCUT2D eigenvalue weighted by molar-refractivity contribution is 6.31. The van der Waals surface area contributed by atoms with Crippen molar-refractivity contribution in [3.05, 3.63) is 34.9 Å². The van der Waals surface area contributed by atoms with Gasteiger partial charge in [-0.2, -0.15) is 0 Å². The van der Waals surface area contributed by atoms with Gasteiger partial charge in [-0.25, -0.2) is 0 Å². The van der Waals surface area contributed by atoms with Crippen LogP contribution in [0.2, 0.25) is 5.02 Å². The third-order valence-electron chi connectivity index (χ3n) is 2.15. The molecule has 0 aliphatic carbocycles. The van der Waals surface area contributed by atoms with Crippen LogP contribution in [0.3, 0.4) is 0 Å². The monoisotopic (exact) mass is 226 g/mol. The van der Waals surface area contributed by atoms with E-state index in [4.69, 9.17) is 17.3 Å². The van der Waals surface area contributed by atoms with Gasteiger partial charge in [0.25, 0.3) is 0 Å². The maximum absolute atomic E-state index is 11.5. The van der Waals surface area contributed by atoms with Gasteiger partial charge in [0.15, 0.2) is 0 Å². The van der Waals surface area contributed by atoms with E-state index in [1.54, 1.807) is 11.9 Å². The van der Waals surface area contributed by atoms with Crippen molar-refractivity contribution in [2.45, 2.75) is 13.0 Å². The van der Waals surface area contributed by atoms with E-state index in [-0.39, 0.29) is 5.91 Å². The molecule has 0 atom stereocenters. The lowest BCUT2D eigenvalue weighted by atomic mass is 10.2. The van der Waals surface area contributed by atoms with Gasteiger partial charge >= 0.3 is 0 Å². The molecule has 3 nitrogen and oxygen atoms in total. The second kappa shape index (κ2) is 5.73. The zero-order valence-electron chi connectivity index (χ0n) is 8.74.